The normalized spacial score (nSPS) is 27.1. The van der Waals surface area contributed by atoms with Crippen molar-refractivity contribution in [3.8, 4) is 0 Å². The molecule has 4 nitrogen and oxygen atoms in total. The molecule has 2 rings (SSSR count). The van der Waals surface area contributed by atoms with E-state index in [-0.39, 0.29) is 5.92 Å². The molecule has 104 valence electrons. The quantitative estimate of drug-likeness (QED) is 0.757. The molecule has 0 spiro atoms. The van der Waals surface area contributed by atoms with Gasteiger partial charge in [0.25, 0.3) is 0 Å². The van der Waals surface area contributed by atoms with E-state index in [0.717, 1.165) is 6.54 Å². The van der Waals surface area contributed by atoms with E-state index >= 15 is 0 Å². The van der Waals surface area contributed by atoms with Gasteiger partial charge in [-0.1, -0.05) is 30.3 Å². The molecule has 0 heterocycles. The molecule has 4 heteroatoms. The number of carbonyl (C=O) groups is 1. The van der Waals surface area contributed by atoms with Crippen molar-refractivity contribution in [2.45, 2.75) is 37.8 Å². The van der Waals surface area contributed by atoms with Crippen LogP contribution in [0.1, 0.15) is 31.2 Å². The first-order valence-electron chi connectivity index (χ1n) is 6.79. The third kappa shape index (κ3) is 4.04. The number of hydrogen-bond donors (Lipinski definition) is 3. The Morgan fingerprint density at radius 1 is 1.26 bits per heavy atom. The monoisotopic (exact) mass is 263 g/mol. The van der Waals surface area contributed by atoms with Gasteiger partial charge in [-0.3, -0.25) is 4.79 Å². The number of nitrogens with one attached hydrogen (secondary N) is 1. The average Bonchev–Trinajstić information content (AvgIpc) is 2.40. The van der Waals surface area contributed by atoms with Crippen molar-refractivity contribution < 1.29 is 15.0 Å². The van der Waals surface area contributed by atoms with Crippen LogP contribution in [-0.4, -0.2) is 28.3 Å². The predicted octanol–water partition coefficient (Wildman–Crippen LogP) is 1.78. The second-order valence-electron chi connectivity index (χ2n) is 5.43. The van der Waals surface area contributed by atoms with E-state index in [9.17, 15) is 9.90 Å². The van der Waals surface area contributed by atoms with Gasteiger partial charge in [0.15, 0.2) is 0 Å². The molecule has 0 atom stereocenters. The van der Waals surface area contributed by atoms with E-state index in [1.54, 1.807) is 0 Å². The van der Waals surface area contributed by atoms with Crippen LogP contribution in [-0.2, 0) is 11.3 Å². The van der Waals surface area contributed by atoms with E-state index in [4.69, 9.17) is 5.11 Å². The molecule has 0 aromatic heterocycles. The van der Waals surface area contributed by atoms with Gasteiger partial charge in [0, 0.05) is 13.1 Å². The fourth-order valence-electron chi connectivity index (χ4n) is 2.61. The lowest BCUT2D eigenvalue weighted by molar-refractivity contribution is -0.144. The topological polar surface area (TPSA) is 69.6 Å². The standard InChI is InChI=1S/C15H21NO3/c17-14(18)13-6-8-15(19,9-7-13)11-16-10-12-4-2-1-3-5-12/h1-5,13,16,19H,6-11H2,(H,17,18). The highest BCUT2D eigenvalue weighted by atomic mass is 16.4. The first kappa shape index (κ1) is 14.0. The zero-order chi connectivity index (χ0) is 13.7. The number of benzene rings is 1. The Morgan fingerprint density at radius 2 is 1.89 bits per heavy atom. The summed E-state index contributed by atoms with van der Waals surface area (Å²) in [5.41, 5.74) is 0.436. The van der Waals surface area contributed by atoms with E-state index in [1.165, 1.54) is 5.56 Å². The number of carboxylic acids is 1. The molecule has 0 bridgehead atoms. The molecule has 0 amide bonds. The Hall–Kier alpha value is -1.39. The first-order chi connectivity index (χ1) is 9.09. The summed E-state index contributed by atoms with van der Waals surface area (Å²) in [5.74, 6) is -1.02. The van der Waals surface area contributed by atoms with Crippen LogP contribution in [0.3, 0.4) is 0 Å². The lowest BCUT2D eigenvalue weighted by Gasteiger charge is -2.34. The molecular formula is C15H21NO3. The minimum Gasteiger partial charge on any atom is -0.481 e. The Bertz CT molecular complexity index is 411. The number of hydrogen-bond acceptors (Lipinski definition) is 3. The van der Waals surface area contributed by atoms with Gasteiger partial charge in [0.05, 0.1) is 11.5 Å². The van der Waals surface area contributed by atoms with Crippen molar-refractivity contribution >= 4 is 5.97 Å². The van der Waals surface area contributed by atoms with Crippen molar-refractivity contribution in [2.75, 3.05) is 6.54 Å². The molecule has 1 aromatic rings. The van der Waals surface area contributed by atoms with Crippen molar-refractivity contribution in [1.82, 2.24) is 5.32 Å². The smallest absolute Gasteiger partial charge is 0.306 e. The number of carboxylic acid groups (broad SMARTS) is 1. The number of aliphatic hydroxyl groups is 1. The van der Waals surface area contributed by atoms with Gasteiger partial charge >= 0.3 is 5.97 Å². The summed E-state index contributed by atoms with van der Waals surface area (Å²) in [7, 11) is 0. The largest absolute Gasteiger partial charge is 0.481 e. The molecule has 0 aliphatic heterocycles. The highest BCUT2D eigenvalue weighted by molar-refractivity contribution is 5.70. The minimum atomic E-state index is -0.749. The van der Waals surface area contributed by atoms with Gasteiger partial charge in [-0.05, 0) is 31.2 Å². The summed E-state index contributed by atoms with van der Waals surface area (Å²) < 4.78 is 0. The molecule has 1 saturated carbocycles. The lowest BCUT2D eigenvalue weighted by Crippen LogP contribution is -2.44. The Labute approximate surface area is 113 Å². The van der Waals surface area contributed by atoms with Crippen LogP contribution in [0.5, 0.6) is 0 Å². The van der Waals surface area contributed by atoms with E-state index in [1.807, 2.05) is 30.3 Å². The number of aliphatic carboxylic acids is 1. The van der Waals surface area contributed by atoms with Gasteiger partial charge in [-0.2, -0.15) is 0 Å². The van der Waals surface area contributed by atoms with Gasteiger partial charge in [0.1, 0.15) is 0 Å². The van der Waals surface area contributed by atoms with Crippen molar-refractivity contribution in [2.24, 2.45) is 5.92 Å². The fraction of sp³-hybridized carbons (Fsp3) is 0.533. The molecule has 19 heavy (non-hydrogen) atoms. The van der Waals surface area contributed by atoms with Crippen molar-refractivity contribution in [3.63, 3.8) is 0 Å². The van der Waals surface area contributed by atoms with Gasteiger partial charge < -0.3 is 15.5 Å². The molecule has 1 aromatic carbocycles. The zero-order valence-electron chi connectivity index (χ0n) is 11.0. The van der Waals surface area contributed by atoms with Crippen molar-refractivity contribution in [3.05, 3.63) is 35.9 Å². The molecule has 0 saturated heterocycles. The molecule has 3 N–H and O–H groups in total. The van der Waals surface area contributed by atoms with E-state index in [2.05, 4.69) is 5.32 Å². The Morgan fingerprint density at radius 3 is 2.47 bits per heavy atom. The van der Waals surface area contributed by atoms with Crippen LogP contribution in [0.25, 0.3) is 0 Å². The van der Waals surface area contributed by atoms with E-state index < -0.39 is 11.6 Å². The van der Waals surface area contributed by atoms with Crippen LogP contribution in [0.2, 0.25) is 0 Å². The van der Waals surface area contributed by atoms with Gasteiger partial charge in [-0.25, -0.2) is 0 Å². The summed E-state index contributed by atoms with van der Waals surface area (Å²) in [6.45, 7) is 1.25. The van der Waals surface area contributed by atoms with Crippen LogP contribution < -0.4 is 5.32 Å². The highest BCUT2D eigenvalue weighted by Gasteiger charge is 2.35. The molecule has 0 radical (unpaired) electrons. The SMILES string of the molecule is O=C(O)C1CCC(O)(CNCc2ccccc2)CC1. The molecule has 1 aliphatic carbocycles. The second-order valence-corrected chi connectivity index (χ2v) is 5.43. The second kappa shape index (κ2) is 6.17. The third-order valence-electron chi connectivity index (χ3n) is 3.89. The maximum absolute atomic E-state index is 10.9. The zero-order valence-corrected chi connectivity index (χ0v) is 11.0. The molecule has 0 unspecified atom stereocenters. The third-order valence-corrected chi connectivity index (χ3v) is 3.89. The molecular weight excluding hydrogens is 242 g/mol. The predicted molar refractivity (Wildman–Crippen MR) is 72.7 cm³/mol. The highest BCUT2D eigenvalue weighted by Crippen LogP contribution is 2.31. The maximum Gasteiger partial charge on any atom is 0.306 e. The average molecular weight is 263 g/mol. The Kier molecular flexibility index (Phi) is 4.56. The summed E-state index contributed by atoms with van der Waals surface area (Å²) >= 11 is 0. The van der Waals surface area contributed by atoms with Gasteiger partial charge in [-0.15, -0.1) is 0 Å². The molecule has 1 aliphatic rings. The van der Waals surface area contributed by atoms with E-state index in [0.29, 0.717) is 32.2 Å². The first-order valence-corrected chi connectivity index (χ1v) is 6.79. The fourth-order valence-corrected chi connectivity index (χ4v) is 2.61. The summed E-state index contributed by atoms with van der Waals surface area (Å²) in [6.07, 6.45) is 2.26. The van der Waals surface area contributed by atoms with Crippen LogP contribution in [0, 0.1) is 5.92 Å². The van der Waals surface area contributed by atoms with Crippen molar-refractivity contribution in [1.29, 1.82) is 0 Å². The van der Waals surface area contributed by atoms with Crippen LogP contribution >= 0.6 is 0 Å². The number of rotatable bonds is 5. The minimum absolute atomic E-state index is 0.283. The maximum atomic E-state index is 10.9. The summed E-state index contributed by atoms with van der Waals surface area (Å²) in [5, 5.41) is 22.6. The van der Waals surface area contributed by atoms with Gasteiger partial charge in [0.2, 0.25) is 0 Å². The summed E-state index contributed by atoms with van der Waals surface area (Å²) in [6, 6.07) is 10.0. The van der Waals surface area contributed by atoms with Crippen LogP contribution in [0.15, 0.2) is 30.3 Å². The lowest BCUT2D eigenvalue weighted by atomic mass is 9.79. The Balaban J connectivity index is 1.75. The van der Waals surface area contributed by atoms with Crippen LogP contribution in [0.4, 0.5) is 0 Å². The summed E-state index contributed by atoms with van der Waals surface area (Å²) in [4.78, 5) is 10.9. The molecule has 1 fully saturated rings.